The molecule has 4 nitrogen and oxygen atoms in total. The quantitative estimate of drug-likeness (QED) is 0.778. The van der Waals surface area contributed by atoms with Gasteiger partial charge in [0.05, 0.1) is 13.2 Å². The molecule has 0 amide bonds. The van der Waals surface area contributed by atoms with E-state index >= 15 is 0 Å². The molecular formula is C16H32N2O2. The Morgan fingerprint density at radius 3 is 2.60 bits per heavy atom. The van der Waals surface area contributed by atoms with E-state index in [9.17, 15) is 0 Å². The second-order valence-corrected chi connectivity index (χ2v) is 6.31. The molecule has 2 atom stereocenters. The molecule has 20 heavy (non-hydrogen) atoms. The number of ether oxygens (including phenoxy) is 2. The van der Waals surface area contributed by atoms with Crippen LogP contribution in [0.15, 0.2) is 0 Å². The van der Waals surface area contributed by atoms with Gasteiger partial charge in [-0.15, -0.1) is 0 Å². The lowest BCUT2D eigenvalue weighted by atomic mass is 9.84. The van der Waals surface area contributed by atoms with Crippen molar-refractivity contribution in [2.45, 2.75) is 70.2 Å². The van der Waals surface area contributed by atoms with E-state index in [1.54, 1.807) is 0 Å². The van der Waals surface area contributed by atoms with Gasteiger partial charge in [-0.3, -0.25) is 0 Å². The van der Waals surface area contributed by atoms with Crippen LogP contribution in [0, 0.1) is 0 Å². The molecule has 2 aliphatic rings. The van der Waals surface area contributed by atoms with Crippen molar-refractivity contribution < 1.29 is 9.47 Å². The van der Waals surface area contributed by atoms with Gasteiger partial charge in [-0.1, -0.05) is 20.3 Å². The summed E-state index contributed by atoms with van der Waals surface area (Å²) in [5.74, 6) is -0.282. The Labute approximate surface area is 124 Å². The molecule has 1 aliphatic heterocycles. The van der Waals surface area contributed by atoms with Crippen LogP contribution >= 0.6 is 0 Å². The first kappa shape index (κ1) is 16.2. The average Bonchev–Trinajstić information content (AvgIpc) is 2.91. The van der Waals surface area contributed by atoms with Crippen molar-refractivity contribution in [1.29, 1.82) is 0 Å². The van der Waals surface area contributed by atoms with Crippen LogP contribution in [0.4, 0.5) is 0 Å². The predicted molar refractivity (Wildman–Crippen MR) is 81.9 cm³/mol. The third kappa shape index (κ3) is 3.94. The number of nitrogens with zero attached hydrogens (tertiary/aromatic N) is 1. The highest BCUT2D eigenvalue weighted by atomic mass is 16.7. The smallest absolute Gasteiger partial charge is 0.170 e. The van der Waals surface area contributed by atoms with Gasteiger partial charge in [-0.05, 0) is 39.4 Å². The minimum absolute atomic E-state index is 0.282. The predicted octanol–water partition coefficient (Wildman–Crippen LogP) is 2.38. The van der Waals surface area contributed by atoms with Gasteiger partial charge >= 0.3 is 0 Å². The van der Waals surface area contributed by atoms with Gasteiger partial charge < -0.3 is 19.7 Å². The molecule has 0 aromatic heterocycles. The summed E-state index contributed by atoms with van der Waals surface area (Å²) in [5.41, 5.74) is 0. The molecule has 1 spiro atoms. The molecule has 0 aromatic rings. The van der Waals surface area contributed by atoms with Gasteiger partial charge in [0.25, 0.3) is 0 Å². The molecular weight excluding hydrogens is 252 g/mol. The maximum absolute atomic E-state index is 5.94. The molecule has 1 heterocycles. The van der Waals surface area contributed by atoms with Crippen LogP contribution in [0.5, 0.6) is 0 Å². The zero-order chi connectivity index (χ0) is 14.4. The number of nitrogens with one attached hydrogen (secondary N) is 1. The maximum atomic E-state index is 5.94. The summed E-state index contributed by atoms with van der Waals surface area (Å²) in [7, 11) is 2.26. The van der Waals surface area contributed by atoms with E-state index in [4.69, 9.17) is 9.47 Å². The number of unbranched alkanes of at least 4 members (excludes halogenated alkanes) is 1. The van der Waals surface area contributed by atoms with Gasteiger partial charge in [0.15, 0.2) is 5.79 Å². The maximum Gasteiger partial charge on any atom is 0.170 e. The molecule has 2 unspecified atom stereocenters. The number of hydrogen-bond acceptors (Lipinski definition) is 4. The first-order valence-electron chi connectivity index (χ1n) is 8.42. The zero-order valence-electron chi connectivity index (χ0n) is 13.5. The molecule has 4 heteroatoms. The van der Waals surface area contributed by atoms with Crippen molar-refractivity contribution in [3.8, 4) is 0 Å². The monoisotopic (exact) mass is 284 g/mol. The highest BCUT2D eigenvalue weighted by molar-refractivity contribution is 4.95. The normalized spacial score (nSPS) is 29.4. The second-order valence-electron chi connectivity index (χ2n) is 6.31. The minimum Gasteiger partial charge on any atom is -0.347 e. The Kier molecular flexibility index (Phi) is 6.27. The summed E-state index contributed by atoms with van der Waals surface area (Å²) >= 11 is 0. The highest BCUT2D eigenvalue weighted by Crippen LogP contribution is 2.37. The van der Waals surface area contributed by atoms with Gasteiger partial charge in [-0.25, -0.2) is 0 Å². The Balaban J connectivity index is 1.97. The van der Waals surface area contributed by atoms with E-state index in [0.717, 1.165) is 39.0 Å². The van der Waals surface area contributed by atoms with Crippen LogP contribution in [0.3, 0.4) is 0 Å². The summed E-state index contributed by atoms with van der Waals surface area (Å²) in [6, 6.07) is 1.11. The van der Waals surface area contributed by atoms with Gasteiger partial charge in [0, 0.05) is 24.9 Å². The fourth-order valence-electron chi connectivity index (χ4n) is 3.49. The van der Waals surface area contributed by atoms with Crippen molar-refractivity contribution in [3.05, 3.63) is 0 Å². The molecule has 1 N–H and O–H groups in total. The first-order valence-corrected chi connectivity index (χ1v) is 8.42. The Hall–Kier alpha value is -0.160. The molecule has 1 aliphatic carbocycles. The van der Waals surface area contributed by atoms with E-state index in [-0.39, 0.29) is 5.79 Å². The summed E-state index contributed by atoms with van der Waals surface area (Å²) in [6.07, 6.45) is 6.91. The summed E-state index contributed by atoms with van der Waals surface area (Å²) < 4.78 is 11.9. The largest absolute Gasteiger partial charge is 0.347 e. The van der Waals surface area contributed by atoms with Gasteiger partial charge in [0.1, 0.15) is 0 Å². The van der Waals surface area contributed by atoms with E-state index in [2.05, 4.69) is 31.1 Å². The fourth-order valence-corrected chi connectivity index (χ4v) is 3.49. The Morgan fingerprint density at radius 2 is 1.95 bits per heavy atom. The van der Waals surface area contributed by atoms with Crippen LogP contribution in [0.2, 0.25) is 0 Å². The van der Waals surface area contributed by atoms with Crippen molar-refractivity contribution in [2.75, 3.05) is 33.4 Å². The van der Waals surface area contributed by atoms with Crippen molar-refractivity contribution >= 4 is 0 Å². The first-order chi connectivity index (χ1) is 9.71. The van der Waals surface area contributed by atoms with Crippen LogP contribution in [0.25, 0.3) is 0 Å². The SMILES string of the molecule is CCCCN(C)C1CC2(CCC1NCCC)OCCO2. The topological polar surface area (TPSA) is 33.7 Å². The molecule has 1 saturated heterocycles. The minimum atomic E-state index is -0.282. The fraction of sp³-hybridized carbons (Fsp3) is 1.00. The summed E-state index contributed by atoms with van der Waals surface area (Å²) in [5, 5.41) is 3.73. The lowest BCUT2D eigenvalue weighted by Crippen LogP contribution is -2.57. The molecule has 2 rings (SSSR count). The van der Waals surface area contributed by atoms with E-state index < -0.39 is 0 Å². The van der Waals surface area contributed by atoms with Crippen LogP contribution in [-0.2, 0) is 9.47 Å². The molecule has 2 fully saturated rings. The lowest BCUT2D eigenvalue weighted by Gasteiger charge is -2.45. The highest BCUT2D eigenvalue weighted by Gasteiger charge is 2.45. The van der Waals surface area contributed by atoms with Crippen molar-refractivity contribution in [2.24, 2.45) is 0 Å². The van der Waals surface area contributed by atoms with E-state index in [1.165, 1.54) is 25.8 Å². The number of likely N-dealkylation sites (N-methyl/N-ethyl adjacent to an activating group) is 1. The molecule has 0 bridgehead atoms. The second kappa shape index (κ2) is 7.74. The third-order valence-corrected chi connectivity index (χ3v) is 4.72. The standard InChI is InChI=1S/C16H32N2O2/c1-4-6-10-18(3)15-13-16(19-11-12-20-16)8-7-14(15)17-9-5-2/h14-15,17H,4-13H2,1-3H3. The molecule has 118 valence electrons. The lowest BCUT2D eigenvalue weighted by molar-refractivity contribution is -0.192. The number of hydrogen-bond donors (Lipinski definition) is 1. The Bertz CT molecular complexity index is 280. The zero-order valence-corrected chi connectivity index (χ0v) is 13.5. The third-order valence-electron chi connectivity index (χ3n) is 4.72. The van der Waals surface area contributed by atoms with E-state index in [0.29, 0.717) is 12.1 Å². The van der Waals surface area contributed by atoms with E-state index in [1.807, 2.05) is 0 Å². The van der Waals surface area contributed by atoms with Gasteiger partial charge in [0.2, 0.25) is 0 Å². The van der Waals surface area contributed by atoms with Crippen LogP contribution < -0.4 is 5.32 Å². The Morgan fingerprint density at radius 1 is 1.20 bits per heavy atom. The van der Waals surface area contributed by atoms with Crippen molar-refractivity contribution in [3.63, 3.8) is 0 Å². The summed E-state index contributed by atoms with van der Waals surface area (Å²) in [6.45, 7) is 8.29. The molecule has 0 radical (unpaired) electrons. The molecule has 1 saturated carbocycles. The van der Waals surface area contributed by atoms with Crippen molar-refractivity contribution in [1.82, 2.24) is 10.2 Å². The van der Waals surface area contributed by atoms with Crippen LogP contribution in [-0.4, -0.2) is 56.1 Å². The molecule has 0 aromatic carbocycles. The van der Waals surface area contributed by atoms with Gasteiger partial charge in [-0.2, -0.15) is 0 Å². The van der Waals surface area contributed by atoms with Crippen LogP contribution in [0.1, 0.15) is 52.4 Å². The summed E-state index contributed by atoms with van der Waals surface area (Å²) in [4.78, 5) is 2.52. The average molecular weight is 284 g/mol. The number of rotatable bonds is 7.